The Morgan fingerprint density at radius 1 is 1.33 bits per heavy atom. The standard InChI is InChI=1S/C15H26N2O/c1-2-17(13-15-9-6-12-18-15)11-10-16-14-7-4-3-5-8-14/h6,9,12,14,16H,2-5,7-8,10-11,13H2,1H3. The van der Waals surface area contributed by atoms with Crippen molar-refractivity contribution in [3.8, 4) is 0 Å². The van der Waals surface area contributed by atoms with Crippen molar-refractivity contribution in [3.05, 3.63) is 24.2 Å². The molecule has 0 atom stereocenters. The van der Waals surface area contributed by atoms with Gasteiger partial charge in [-0.1, -0.05) is 26.2 Å². The van der Waals surface area contributed by atoms with Crippen LogP contribution in [0.15, 0.2) is 22.8 Å². The van der Waals surface area contributed by atoms with Crippen molar-refractivity contribution in [1.82, 2.24) is 10.2 Å². The van der Waals surface area contributed by atoms with Crippen LogP contribution in [0.25, 0.3) is 0 Å². The molecule has 1 aliphatic rings. The molecule has 1 N–H and O–H groups in total. The van der Waals surface area contributed by atoms with Gasteiger partial charge in [-0.05, 0) is 31.5 Å². The molecule has 0 aliphatic heterocycles. The van der Waals surface area contributed by atoms with E-state index in [1.807, 2.05) is 6.07 Å². The highest BCUT2D eigenvalue weighted by atomic mass is 16.3. The summed E-state index contributed by atoms with van der Waals surface area (Å²) >= 11 is 0. The molecule has 3 nitrogen and oxygen atoms in total. The van der Waals surface area contributed by atoms with E-state index < -0.39 is 0 Å². The van der Waals surface area contributed by atoms with Gasteiger partial charge in [0.1, 0.15) is 5.76 Å². The quantitative estimate of drug-likeness (QED) is 0.806. The van der Waals surface area contributed by atoms with Gasteiger partial charge in [0, 0.05) is 19.1 Å². The van der Waals surface area contributed by atoms with E-state index in [1.165, 1.54) is 32.1 Å². The minimum atomic E-state index is 0.765. The van der Waals surface area contributed by atoms with Crippen LogP contribution in [0.3, 0.4) is 0 Å². The fraction of sp³-hybridized carbons (Fsp3) is 0.733. The first kappa shape index (κ1) is 13.6. The lowest BCUT2D eigenvalue weighted by molar-refractivity contribution is 0.246. The first-order valence-electron chi connectivity index (χ1n) is 7.36. The lowest BCUT2D eigenvalue weighted by Crippen LogP contribution is -2.37. The van der Waals surface area contributed by atoms with Crippen LogP contribution in [0.4, 0.5) is 0 Å². The van der Waals surface area contributed by atoms with Gasteiger partial charge in [-0.2, -0.15) is 0 Å². The van der Waals surface area contributed by atoms with Gasteiger partial charge in [-0.3, -0.25) is 4.90 Å². The third-order valence-corrected chi connectivity index (χ3v) is 3.87. The lowest BCUT2D eigenvalue weighted by Gasteiger charge is -2.25. The van der Waals surface area contributed by atoms with E-state index in [0.29, 0.717) is 0 Å². The molecular formula is C15H26N2O. The minimum absolute atomic E-state index is 0.765. The Balaban J connectivity index is 1.64. The molecule has 0 amide bonds. The highest BCUT2D eigenvalue weighted by Crippen LogP contribution is 2.17. The number of rotatable bonds is 7. The SMILES string of the molecule is CCN(CCNC1CCCCC1)Cc1ccco1. The van der Waals surface area contributed by atoms with Gasteiger partial charge < -0.3 is 9.73 Å². The van der Waals surface area contributed by atoms with Crippen LogP contribution in [0.2, 0.25) is 0 Å². The lowest BCUT2D eigenvalue weighted by atomic mass is 9.95. The first-order chi connectivity index (χ1) is 8.88. The summed E-state index contributed by atoms with van der Waals surface area (Å²) < 4.78 is 5.40. The van der Waals surface area contributed by atoms with Crippen molar-refractivity contribution in [2.45, 2.75) is 51.6 Å². The Kier molecular flexibility index (Phi) is 5.75. The molecule has 18 heavy (non-hydrogen) atoms. The monoisotopic (exact) mass is 250 g/mol. The van der Waals surface area contributed by atoms with Crippen molar-refractivity contribution < 1.29 is 4.42 Å². The number of nitrogens with zero attached hydrogens (tertiary/aromatic N) is 1. The van der Waals surface area contributed by atoms with Gasteiger partial charge in [-0.25, -0.2) is 0 Å². The Hall–Kier alpha value is -0.800. The Morgan fingerprint density at radius 3 is 2.83 bits per heavy atom. The van der Waals surface area contributed by atoms with Crippen LogP contribution >= 0.6 is 0 Å². The van der Waals surface area contributed by atoms with Gasteiger partial charge in [0.05, 0.1) is 12.8 Å². The highest BCUT2D eigenvalue weighted by molar-refractivity contribution is 4.97. The fourth-order valence-electron chi connectivity index (χ4n) is 2.71. The zero-order valence-corrected chi connectivity index (χ0v) is 11.5. The van der Waals surface area contributed by atoms with E-state index in [4.69, 9.17) is 4.42 Å². The maximum atomic E-state index is 5.40. The van der Waals surface area contributed by atoms with Gasteiger partial charge in [0.15, 0.2) is 0 Å². The molecule has 1 aromatic rings. The summed E-state index contributed by atoms with van der Waals surface area (Å²) in [6.45, 7) is 6.42. The predicted octanol–water partition coefficient (Wildman–Crippen LogP) is 3.02. The summed E-state index contributed by atoms with van der Waals surface area (Å²) in [5.74, 6) is 1.06. The summed E-state index contributed by atoms with van der Waals surface area (Å²) in [4.78, 5) is 2.43. The molecule has 1 aromatic heterocycles. The second-order valence-electron chi connectivity index (χ2n) is 5.24. The minimum Gasteiger partial charge on any atom is -0.468 e. The molecular weight excluding hydrogens is 224 g/mol. The summed E-state index contributed by atoms with van der Waals surface area (Å²) in [6, 6.07) is 4.78. The van der Waals surface area contributed by atoms with Crippen molar-refractivity contribution in [2.24, 2.45) is 0 Å². The van der Waals surface area contributed by atoms with Crippen LogP contribution in [0.5, 0.6) is 0 Å². The van der Waals surface area contributed by atoms with Crippen molar-refractivity contribution in [1.29, 1.82) is 0 Å². The molecule has 0 radical (unpaired) electrons. The third kappa shape index (κ3) is 4.46. The van der Waals surface area contributed by atoms with Crippen LogP contribution < -0.4 is 5.32 Å². The number of hydrogen-bond donors (Lipinski definition) is 1. The second kappa shape index (κ2) is 7.59. The fourth-order valence-corrected chi connectivity index (χ4v) is 2.71. The molecule has 2 rings (SSSR count). The molecule has 1 fully saturated rings. The van der Waals surface area contributed by atoms with Crippen LogP contribution in [0, 0.1) is 0 Å². The summed E-state index contributed by atoms with van der Waals surface area (Å²) in [5.41, 5.74) is 0. The van der Waals surface area contributed by atoms with Crippen LogP contribution in [-0.4, -0.2) is 30.6 Å². The van der Waals surface area contributed by atoms with Crippen molar-refractivity contribution in [2.75, 3.05) is 19.6 Å². The van der Waals surface area contributed by atoms with Crippen molar-refractivity contribution >= 4 is 0 Å². The summed E-state index contributed by atoms with van der Waals surface area (Å²) in [5, 5.41) is 3.69. The van der Waals surface area contributed by atoms with E-state index in [1.54, 1.807) is 6.26 Å². The van der Waals surface area contributed by atoms with Gasteiger partial charge in [0.25, 0.3) is 0 Å². The predicted molar refractivity (Wildman–Crippen MR) is 74.5 cm³/mol. The molecule has 0 spiro atoms. The third-order valence-electron chi connectivity index (χ3n) is 3.87. The molecule has 1 aliphatic carbocycles. The van der Waals surface area contributed by atoms with E-state index in [-0.39, 0.29) is 0 Å². The van der Waals surface area contributed by atoms with Crippen LogP contribution in [-0.2, 0) is 6.54 Å². The topological polar surface area (TPSA) is 28.4 Å². The van der Waals surface area contributed by atoms with E-state index in [0.717, 1.165) is 38.0 Å². The Bertz CT molecular complexity index is 304. The highest BCUT2D eigenvalue weighted by Gasteiger charge is 2.12. The summed E-state index contributed by atoms with van der Waals surface area (Å²) in [6.07, 6.45) is 8.72. The molecule has 1 heterocycles. The molecule has 1 saturated carbocycles. The number of likely N-dealkylation sites (N-methyl/N-ethyl adjacent to an activating group) is 1. The van der Waals surface area contributed by atoms with Gasteiger partial charge in [-0.15, -0.1) is 0 Å². The molecule has 0 aromatic carbocycles. The van der Waals surface area contributed by atoms with Crippen molar-refractivity contribution in [3.63, 3.8) is 0 Å². The molecule has 102 valence electrons. The second-order valence-corrected chi connectivity index (χ2v) is 5.24. The first-order valence-corrected chi connectivity index (χ1v) is 7.36. The molecule has 0 bridgehead atoms. The smallest absolute Gasteiger partial charge is 0.117 e. The van der Waals surface area contributed by atoms with E-state index in [9.17, 15) is 0 Å². The zero-order valence-electron chi connectivity index (χ0n) is 11.5. The number of hydrogen-bond acceptors (Lipinski definition) is 3. The average molecular weight is 250 g/mol. The molecule has 0 unspecified atom stereocenters. The number of furan rings is 1. The molecule has 0 saturated heterocycles. The van der Waals surface area contributed by atoms with E-state index >= 15 is 0 Å². The Labute approximate surface area is 111 Å². The van der Waals surface area contributed by atoms with Gasteiger partial charge in [0.2, 0.25) is 0 Å². The maximum absolute atomic E-state index is 5.40. The summed E-state index contributed by atoms with van der Waals surface area (Å²) in [7, 11) is 0. The normalized spacial score (nSPS) is 17.4. The maximum Gasteiger partial charge on any atom is 0.117 e. The molecule has 3 heteroatoms. The van der Waals surface area contributed by atoms with Gasteiger partial charge >= 0.3 is 0 Å². The average Bonchev–Trinajstić information content (AvgIpc) is 2.92. The largest absolute Gasteiger partial charge is 0.468 e. The number of nitrogens with one attached hydrogen (secondary N) is 1. The Morgan fingerprint density at radius 2 is 2.17 bits per heavy atom. The van der Waals surface area contributed by atoms with E-state index in [2.05, 4.69) is 23.2 Å². The zero-order chi connectivity index (χ0) is 12.6. The van der Waals surface area contributed by atoms with Crippen LogP contribution in [0.1, 0.15) is 44.8 Å².